The van der Waals surface area contributed by atoms with Crippen LogP contribution in [0.25, 0.3) is 28.1 Å². The van der Waals surface area contributed by atoms with Crippen LogP contribution in [0.5, 0.6) is 0 Å². The predicted octanol–water partition coefficient (Wildman–Crippen LogP) is 2.22. The maximum Gasteiger partial charge on any atom is 0.163 e. The predicted molar refractivity (Wildman–Crippen MR) is 78.9 cm³/mol. The lowest BCUT2D eigenvalue weighted by Gasteiger charge is -2.01. The van der Waals surface area contributed by atoms with Crippen LogP contribution in [-0.2, 0) is 7.05 Å². The fourth-order valence-corrected chi connectivity index (χ4v) is 2.35. The second kappa shape index (κ2) is 4.52. The van der Waals surface area contributed by atoms with Gasteiger partial charge in [-0.25, -0.2) is 15.0 Å². The molecule has 0 N–H and O–H groups in total. The summed E-state index contributed by atoms with van der Waals surface area (Å²) >= 11 is 0. The zero-order valence-corrected chi connectivity index (χ0v) is 11.4. The number of fused-ring (bicyclic) bond motifs is 1. The maximum atomic E-state index is 4.45. The minimum atomic E-state index is 0.780. The van der Waals surface area contributed by atoms with E-state index < -0.39 is 0 Å². The number of hydrogen-bond donors (Lipinski definition) is 0. The molecule has 6 heteroatoms. The lowest BCUT2D eigenvalue weighted by atomic mass is 10.2. The van der Waals surface area contributed by atoms with E-state index in [4.69, 9.17) is 0 Å². The van der Waals surface area contributed by atoms with Crippen LogP contribution in [0.3, 0.4) is 0 Å². The first-order chi connectivity index (χ1) is 10.3. The summed E-state index contributed by atoms with van der Waals surface area (Å²) in [7, 11) is 1.86. The summed E-state index contributed by atoms with van der Waals surface area (Å²) in [4.78, 5) is 13.1. The first kappa shape index (κ1) is 11.8. The Morgan fingerprint density at radius 3 is 2.71 bits per heavy atom. The molecule has 0 atom stereocenters. The molecule has 3 aromatic heterocycles. The first-order valence-electron chi connectivity index (χ1n) is 6.55. The van der Waals surface area contributed by atoms with E-state index in [9.17, 15) is 0 Å². The van der Waals surface area contributed by atoms with Crippen molar-refractivity contribution in [2.24, 2.45) is 7.05 Å². The molecule has 0 aliphatic carbocycles. The van der Waals surface area contributed by atoms with E-state index in [1.807, 2.05) is 48.1 Å². The molecule has 0 amide bonds. The van der Waals surface area contributed by atoms with Gasteiger partial charge in [0.15, 0.2) is 11.5 Å². The van der Waals surface area contributed by atoms with Crippen molar-refractivity contribution >= 4 is 11.0 Å². The molecular weight excluding hydrogens is 264 g/mol. The van der Waals surface area contributed by atoms with E-state index in [0.717, 1.165) is 28.1 Å². The molecule has 0 radical (unpaired) electrons. The third-order valence-electron chi connectivity index (χ3n) is 3.41. The molecule has 1 aromatic carbocycles. The van der Waals surface area contributed by atoms with Crippen LogP contribution >= 0.6 is 0 Å². The summed E-state index contributed by atoms with van der Waals surface area (Å²) in [6, 6.07) is 10.1. The highest BCUT2D eigenvalue weighted by molar-refractivity contribution is 5.82. The van der Waals surface area contributed by atoms with Crippen LogP contribution in [0.1, 0.15) is 0 Å². The van der Waals surface area contributed by atoms with Gasteiger partial charge in [-0.3, -0.25) is 9.25 Å². The molecule has 0 spiro atoms. The first-order valence-corrected chi connectivity index (χ1v) is 6.55. The fraction of sp³-hybridized carbons (Fsp3) is 0.0667. The summed E-state index contributed by atoms with van der Waals surface area (Å²) < 4.78 is 3.63. The Hall–Kier alpha value is -3.02. The standard InChI is InChI=1S/C15H12N6/c1-20-14-12(7-19-20)15(17-9-16-14)21-8-13(18-10-21)11-5-3-2-4-6-11/h2-10H,1H3. The normalized spacial score (nSPS) is 11.1. The van der Waals surface area contributed by atoms with Gasteiger partial charge >= 0.3 is 0 Å². The van der Waals surface area contributed by atoms with E-state index >= 15 is 0 Å². The van der Waals surface area contributed by atoms with E-state index in [0.29, 0.717) is 0 Å². The molecule has 4 rings (SSSR count). The van der Waals surface area contributed by atoms with Gasteiger partial charge in [-0.1, -0.05) is 30.3 Å². The minimum absolute atomic E-state index is 0.780. The summed E-state index contributed by atoms with van der Waals surface area (Å²) in [6.07, 6.45) is 7.04. The van der Waals surface area contributed by atoms with Crippen molar-refractivity contribution in [1.29, 1.82) is 0 Å². The molecule has 0 unspecified atom stereocenters. The SMILES string of the molecule is Cn1ncc2c(-n3cnc(-c4ccccc4)c3)ncnc21. The van der Waals surface area contributed by atoms with Crippen LogP contribution in [0, 0.1) is 0 Å². The van der Waals surface area contributed by atoms with Gasteiger partial charge in [0, 0.05) is 18.8 Å². The second-order valence-corrected chi connectivity index (χ2v) is 4.73. The van der Waals surface area contributed by atoms with Gasteiger partial charge in [-0.05, 0) is 0 Å². The van der Waals surface area contributed by atoms with Crippen molar-refractivity contribution in [3.8, 4) is 17.1 Å². The van der Waals surface area contributed by atoms with Crippen molar-refractivity contribution in [2.75, 3.05) is 0 Å². The number of hydrogen-bond acceptors (Lipinski definition) is 4. The van der Waals surface area contributed by atoms with Gasteiger partial charge in [0.05, 0.1) is 17.3 Å². The molecule has 0 aliphatic rings. The van der Waals surface area contributed by atoms with Gasteiger partial charge in [-0.15, -0.1) is 0 Å². The van der Waals surface area contributed by atoms with Crippen LogP contribution in [-0.4, -0.2) is 29.3 Å². The van der Waals surface area contributed by atoms with E-state index in [1.165, 1.54) is 0 Å². The quantitative estimate of drug-likeness (QED) is 0.563. The molecule has 0 fully saturated rings. The summed E-state index contributed by atoms with van der Waals surface area (Å²) in [5, 5.41) is 5.13. The Labute approximate surface area is 120 Å². The highest BCUT2D eigenvalue weighted by Gasteiger charge is 2.10. The summed E-state index contributed by atoms with van der Waals surface area (Å²) in [5.41, 5.74) is 2.79. The molecule has 0 aliphatic heterocycles. The van der Waals surface area contributed by atoms with Crippen molar-refractivity contribution in [3.05, 3.63) is 55.4 Å². The Balaban J connectivity index is 1.85. The number of aryl methyl sites for hydroxylation is 1. The number of aromatic nitrogens is 6. The third-order valence-corrected chi connectivity index (χ3v) is 3.41. The van der Waals surface area contributed by atoms with Crippen LogP contribution in [0.4, 0.5) is 0 Å². The van der Waals surface area contributed by atoms with Crippen molar-refractivity contribution in [2.45, 2.75) is 0 Å². The minimum Gasteiger partial charge on any atom is -0.289 e. The molecule has 21 heavy (non-hydrogen) atoms. The van der Waals surface area contributed by atoms with Crippen molar-refractivity contribution < 1.29 is 0 Å². The number of nitrogens with zero attached hydrogens (tertiary/aromatic N) is 6. The van der Waals surface area contributed by atoms with Gasteiger partial charge < -0.3 is 0 Å². The van der Waals surface area contributed by atoms with Crippen LogP contribution in [0.15, 0.2) is 55.4 Å². The topological polar surface area (TPSA) is 61.4 Å². The van der Waals surface area contributed by atoms with E-state index in [1.54, 1.807) is 23.5 Å². The summed E-state index contributed by atoms with van der Waals surface area (Å²) in [5.74, 6) is 0.780. The van der Waals surface area contributed by atoms with Crippen molar-refractivity contribution in [1.82, 2.24) is 29.3 Å². The molecule has 3 heterocycles. The Morgan fingerprint density at radius 2 is 1.86 bits per heavy atom. The van der Waals surface area contributed by atoms with Crippen LogP contribution in [0.2, 0.25) is 0 Å². The van der Waals surface area contributed by atoms with Gasteiger partial charge in [-0.2, -0.15) is 5.10 Å². The zero-order chi connectivity index (χ0) is 14.2. The highest BCUT2D eigenvalue weighted by Crippen LogP contribution is 2.21. The zero-order valence-electron chi connectivity index (χ0n) is 11.4. The fourth-order valence-electron chi connectivity index (χ4n) is 2.35. The average molecular weight is 276 g/mol. The second-order valence-electron chi connectivity index (χ2n) is 4.73. The highest BCUT2D eigenvalue weighted by atomic mass is 15.3. The Morgan fingerprint density at radius 1 is 1.00 bits per heavy atom. The molecular formula is C15H12N6. The molecule has 0 saturated carbocycles. The van der Waals surface area contributed by atoms with Crippen LogP contribution < -0.4 is 0 Å². The monoisotopic (exact) mass is 276 g/mol. The molecule has 6 nitrogen and oxygen atoms in total. The number of imidazole rings is 1. The molecule has 0 bridgehead atoms. The third kappa shape index (κ3) is 1.88. The largest absolute Gasteiger partial charge is 0.289 e. The van der Waals surface area contributed by atoms with Gasteiger partial charge in [0.1, 0.15) is 12.7 Å². The molecule has 0 saturated heterocycles. The number of benzene rings is 1. The summed E-state index contributed by atoms with van der Waals surface area (Å²) in [6.45, 7) is 0. The lowest BCUT2D eigenvalue weighted by Crippen LogP contribution is -1.98. The smallest absolute Gasteiger partial charge is 0.163 e. The average Bonchev–Trinajstić information content (AvgIpc) is 3.16. The number of rotatable bonds is 2. The Kier molecular flexibility index (Phi) is 2.53. The van der Waals surface area contributed by atoms with E-state index in [-0.39, 0.29) is 0 Å². The molecule has 102 valence electrons. The van der Waals surface area contributed by atoms with E-state index in [2.05, 4.69) is 20.1 Å². The van der Waals surface area contributed by atoms with Gasteiger partial charge in [0.25, 0.3) is 0 Å². The molecule has 4 aromatic rings. The maximum absolute atomic E-state index is 4.45. The Bertz CT molecular complexity index is 906. The van der Waals surface area contributed by atoms with Crippen molar-refractivity contribution in [3.63, 3.8) is 0 Å². The van der Waals surface area contributed by atoms with Gasteiger partial charge in [0.2, 0.25) is 0 Å². The lowest BCUT2D eigenvalue weighted by molar-refractivity contribution is 0.785.